The van der Waals surface area contributed by atoms with Crippen molar-refractivity contribution in [2.75, 3.05) is 6.54 Å². The number of benzene rings is 1. The van der Waals surface area contributed by atoms with Crippen molar-refractivity contribution in [3.63, 3.8) is 0 Å². The zero-order valence-electron chi connectivity index (χ0n) is 10.00. The molecule has 1 aromatic rings. The third-order valence-corrected chi connectivity index (χ3v) is 2.32. The molecule has 3 nitrogen and oxygen atoms in total. The number of amides is 1. The lowest BCUT2D eigenvalue weighted by Gasteiger charge is -2.06. The molecule has 0 atom stereocenters. The zero-order valence-corrected chi connectivity index (χ0v) is 10.00. The summed E-state index contributed by atoms with van der Waals surface area (Å²) in [6, 6.07) is 4.93. The van der Waals surface area contributed by atoms with Crippen LogP contribution in [-0.2, 0) is 4.79 Å². The van der Waals surface area contributed by atoms with E-state index in [1.165, 1.54) is 12.1 Å². The number of hydrogen-bond donors (Lipinski definition) is 1. The normalized spacial score (nSPS) is 10.4. The van der Waals surface area contributed by atoms with Crippen LogP contribution in [0.1, 0.15) is 30.6 Å². The minimum atomic E-state index is -0.641. The first-order chi connectivity index (χ1) is 8.00. The molecule has 0 aliphatic heterocycles. The van der Waals surface area contributed by atoms with Gasteiger partial charge in [0.05, 0.1) is 0 Å². The van der Waals surface area contributed by atoms with Crippen LogP contribution in [0.2, 0.25) is 0 Å². The second-order valence-electron chi connectivity index (χ2n) is 4.27. The number of carbonyl (C=O) groups excluding carboxylic acids is 2. The lowest BCUT2D eigenvalue weighted by atomic mass is 10.1. The molecule has 1 aromatic carbocycles. The molecule has 0 aliphatic rings. The van der Waals surface area contributed by atoms with Crippen LogP contribution in [0.25, 0.3) is 0 Å². The molecule has 1 amide bonds. The van der Waals surface area contributed by atoms with Crippen LogP contribution in [0.3, 0.4) is 0 Å². The highest BCUT2D eigenvalue weighted by Crippen LogP contribution is 2.04. The molecular formula is C13H16FNO2. The summed E-state index contributed by atoms with van der Waals surface area (Å²) in [5.41, 5.74) is 0.202. The number of Topliss-reactive ketones (excluding diaryl/α,β-unsaturated/α-hetero) is 1. The molecule has 4 heteroatoms. The number of hydrogen-bond acceptors (Lipinski definition) is 2. The van der Waals surface area contributed by atoms with Gasteiger partial charge in [0.2, 0.25) is 5.78 Å². The van der Waals surface area contributed by atoms with Crippen LogP contribution < -0.4 is 5.32 Å². The molecule has 0 aromatic heterocycles. The van der Waals surface area contributed by atoms with Crippen molar-refractivity contribution >= 4 is 11.7 Å². The topological polar surface area (TPSA) is 46.2 Å². The van der Waals surface area contributed by atoms with Crippen molar-refractivity contribution in [2.45, 2.75) is 20.3 Å². The third-order valence-electron chi connectivity index (χ3n) is 2.32. The Labute approximate surface area is 100 Å². The van der Waals surface area contributed by atoms with Crippen molar-refractivity contribution in [1.29, 1.82) is 0 Å². The first kappa shape index (κ1) is 13.4. The van der Waals surface area contributed by atoms with Crippen LogP contribution in [-0.4, -0.2) is 18.2 Å². The summed E-state index contributed by atoms with van der Waals surface area (Å²) in [6.45, 7) is 4.55. The summed E-state index contributed by atoms with van der Waals surface area (Å²) in [5.74, 6) is -1.23. The first-order valence-electron chi connectivity index (χ1n) is 5.59. The Balaban J connectivity index is 2.52. The molecule has 92 valence electrons. The Bertz CT molecular complexity index is 398. The molecule has 0 unspecified atom stereocenters. The fourth-order valence-corrected chi connectivity index (χ4v) is 1.29. The van der Waals surface area contributed by atoms with E-state index in [0.717, 1.165) is 18.6 Å². The van der Waals surface area contributed by atoms with Gasteiger partial charge in [-0.25, -0.2) is 4.39 Å². The SMILES string of the molecule is CC(C)CCNC(=O)C(=O)c1ccc(F)cc1. The van der Waals surface area contributed by atoms with E-state index in [1.54, 1.807) is 0 Å². The predicted octanol–water partition coefficient (Wildman–Crippen LogP) is 2.17. The molecule has 0 saturated heterocycles. The van der Waals surface area contributed by atoms with E-state index >= 15 is 0 Å². The Morgan fingerprint density at radius 3 is 2.35 bits per heavy atom. The average molecular weight is 237 g/mol. The van der Waals surface area contributed by atoms with Gasteiger partial charge >= 0.3 is 0 Å². The maximum atomic E-state index is 12.6. The van der Waals surface area contributed by atoms with Gasteiger partial charge in [0.1, 0.15) is 5.82 Å². The second kappa shape index (κ2) is 6.13. The van der Waals surface area contributed by atoms with Crippen LogP contribution in [0.15, 0.2) is 24.3 Å². The van der Waals surface area contributed by atoms with Gasteiger partial charge < -0.3 is 5.32 Å². The summed E-state index contributed by atoms with van der Waals surface area (Å²) < 4.78 is 12.6. The standard InChI is InChI=1S/C13H16FNO2/c1-9(2)7-8-15-13(17)12(16)10-3-5-11(14)6-4-10/h3-6,9H,7-8H2,1-2H3,(H,15,17). The summed E-state index contributed by atoms with van der Waals surface area (Å²) in [5, 5.41) is 2.54. The summed E-state index contributed by atoms with van der Waals surface area (Å²) in [7, 11) is 0. The second-order valence-corrected chi connectivity index (χ2v) is 4.27. The zero-order chi connectivity index (χ0) is 12.8. The van der Waals surface area contributed by atoms with Crippen molar-refractivity contribution < 1.29 is 14.0 Å². The van der Waals surface area contributed by atoms with Crippen molar-refractivity contribution in [1.82, 2.24) is 5.32 Å². The van der Waals surface area contributed by atoms with Crippen molar-refractivity contribution in [2.24, 2.45) is 5.92 Å². The molecule has 0 radical (unpaired) electrons. The molecule has 17 heavy (non-hydrogen) atoms. The smallest absolute Gasteiger partial charge is 0.292 e. The highest BCUT2D eigenvalue weighted by molar-refractivity contribution is 6.42. The van der Waals surface area contributed by atoms with Gasteiger partial charge in [0.25, 0.3) is 5.91 Å². The molecule has 0 heterocycles. The molecule has 1 N–H and O–H groups in total. The van der Waals surface area contributed by atoms with E-state index in [0.29, 0.717) is 12.5 Å². The van der Waals surface area contributed by atoms with E-state index < -0.39 is 17.5 Å². The number of halogens is 1. The van der Waals surface area contributed by atoms with Crippen LogP contribution in [0.4, 0.5) is 4.39 Å². The lowest BCUT2D eigenvalue weighted by molar-refractivity contribution is -0.117. The summed E-state index contributed by atoms with van der Waals surface area (Å²) in [6.07, 6.45) is 0.822. The summed E-state index contributed by atoms with van der Waals surface area (Å²) in [4.78, 5) is 23.1. The van der Waals surface area contributed by atoms with Crippen LogP contribution in [0, 0.1) is 11.7 Å². The monoisotopic (exact) mass is 237 g/mol. The number of rotatable bonds is 5. The number of nitrogens with one attached hydrogen (secondary N) is 1. The first-order valence-corrected chi connectivity index (χ1v) is 5.59. The number of carbonyl (C=O) groups is 2. The van der Waals surface area contributed by atoms with Gasteiger partial charge in [-0.3, -0.25) is 9.59 Å². The van der Waals surface area contributed by atoms with Crippen molar-refractivity contribution in [3.8, 4) is 0 Å². The highest BCUT2D eigenvalue weighted by Gasteiger charge is 2.15. The fourth-order valence-electron chi connectivity index (χ4n) is 1.29. The summed E-state index contributed by atoms with van der Waals surface area (Å²) >= 11 is 0. The Kier molecular flexibility index (Phi) is 4.82. The highest BCUT2D eigenvalue weighted by atomic mass is 19.1. The minimum Gasteiger partial charge on any atom is -0.349 e. The average Bonchev–Trinajstić information content (AvgIpc) is 2.28. The molecule has 0 spiro atoms. The van der Waals surface area contributed by atoms with E-state index in [4.69, 9.17) is 0 Å². The van der Waals surface area contributed by atoms with Gasteiger partial charge in [0, 0.05) is 12.1 Å². The molecular weight excluding hydrogens is 221 g/mol. The molecule has 1 rings (SSSR count). The Hall–Kier alpha value is -1.71. The Morgan fingerprint density at radius 2 is 1.82 bits per heavy atom. The predicted molar refractivity (Wildman–Crippen MR) is 63.2 cm³/mol. The van der Waals surface area contributed by atoms with E-state index in [-0.39, 0.29) is 5.56 Å². The van der Waals surface area contributed by atoms with Gasteiger partial charge in [0.15, 0.2) is 0 Å². The van der Waals surface area contributed by atoms with Gasteiger partial charge in [-0.15, -0.1) is 0 Å². The third kappa shape index (κ3) is 4.34. The van der Waals surface area contributed by atoms with Crippen LogP contribution >= 0.6 is 0 Å². The molecule has 0 bridgehead atoms. The van der Waals surface area contributed by atoms with Crippen LogP contribution in [0.5, 0.6) is 0 Å². The lowest BCUT2D eigenvalue weighted by Crippen LogP contribution is -2.32. The van der Waals surface area contributed by atoms with E-state index in [9.17, 15) is 14.0 Å². The Morgan fingerprint density at radius 1 is 1.24 bits per heavy atom. The van der Waals surface area contributed by atoms with E-state index in [2.05, 4.69) is 5.32 Å². The molecule has 0 fully saturated rings. The van der Waals surface area contributed by atoms with Gasteiger partial charge in [-0.1, -0.05) is 13.8 Å². The minimum absolute atomic E-state index is 0.202. The molecule has 0 saturated carbocycles. The van der Waals surface area contributed by atoms with E-state index in [1.807, 2.05) is 13.8 Å². The van der Waals surface area contributed by atoms with Gasteiger partial charge in [-0.05, 0) is 36.6 Å². The van der Waals surface area contributed by atoms with Gasteiger partial charge in [-0.2, -0.15) is 0 Å². The maximum Gasteiger partial charge on any atom is 0.292 e. The largest absolute Gasteiger partial charge is 0.349 e. The fraction of sp³-hybridized carbons (Fsp3) is 0.385. The maximum absolute atomic E-state index is 12.6. The number of ketones is 1. The molecule has 0 aliphatic carbocycles. The quantitative estimate of drug-likeness (QED) is 0.630. The van der Waals surface area contributed by atoms with Crippen molar-refractivity contribution in [3.05, 3.63) is 35.6 Å².